The second-order valence-corrected chi connectivity index (χ2v) is 5.10. The van der Waals surface area contributed by atoms with Crippen LogP contribution in [0.15, 0.2) is 30.3 Å². The van der Waals surface area contributed by atoms with Crippen molar-refractivity contribution in [2.75, 3.05) is 13.7 Å². The number of ether oxygens (including phenoxy) is 1. The fraction of sp³-hybridized carbons (Fsp3) is 0.500. The molecule has 2 nitrogen and oxygen atoms in total. The molecule has 1 aromatic carbocycles. The maximum Gasteiger partial charge on any atom is 0.168 e. The van der Waals surface area contributed by atoms with Gasteiger partial charge < -0.3 is 4.74 Å². The first-order valence-corrected chi connectivity index (χ1v) is 5.55. The molecule has 1 aromatic rings. The normalized spacial score (nSPS) is 13.5. The van der Waals surface area contributed by atoms with Crippen LogP contribution in [-0.4, -0.2) is 19.5 Å². The highest BCUT2D eigenvalue weighted by Crippen LogP contribution is 2.29. The highest BCUT2D eigenvalue weighted by molar-refractivity contribution is 5.98. The predicted molar refractivity (Wildman–Crippen MR) is 65.6 cm³/mol. The maximum atomic E-state index is 12.3. The van der Waals surface area contributed by atoms with Crippen LogP contribution in [0, 0.1) is 11.3 Å². The molecule has 0 saturated heterocycles. The van der Waals surface area contributed by atoms with Crippen LogP contribution >= 0.6 is 0 Å². The van der Waals surface area contributed by atoms with Gasteiger partial charge >= 0.3 is 0 Å². The molecule has 1 rings (SSSR count). The third-order valence-electron chi connectivity index (χ3n) is 2.75. The fourth-order valence-electron chi connectivity index (χ4n) is 1.69. The molecule has 0 aliphatic rings. The molecule has 0 radical (unpaired) electrons. The lowest BCUT2D eigenvalue weighted by Crippen LogP contribution is -2.32. The predicted octanol–water partition coefficient (Wildman–Crippen LogP) is 3.18. The van der Waals surface area contributed by atoms with Gasteiger partial charge in [-0.25, -0.2) is 0 Å². The largest absolute Gasteiger partial charge is 0.384 e. The zero-order chi connectivity index (χ0) is 12.2. The zero-order valence-electron chi connectivity index (χ0n) is 10.5. The van der Waals surface area contributed by atoms with E-state index in [-0.39, 0.29) is 17.1 Å². The van der Waals surface area contributed by atoms with Gasteiger partial charge in [-0.05, 0) is 5.41 Å². The van der Waals surface area contributed by atoms with E-state index < -0.39 is 0 Å². The number of hydrogen-bond donors (Lipinski definition) is 0. The minimum absolute atomic E-state index is 0.0804. The molecule has 0 fully saturated rings. The van der Waals surface area contributed by atoms with E-state index in [2.05, 4.69) is 20.8 Å². The summed E-state index contributed by atoms with van der Waals surface area (Å²) in [6.45, 7) is 6.67. The quantitative estimate of drug-likeness (QED) is 0.728. The third-order valence-corrected chi connectivity index (χ3v) is 2.75. The van der Waals surface area contributed by atoms with Crippen LogP contribution in [0.4, 0.5) is 0 Å². The van der Waals surface area contributed by atoms with Gasteiger partial charge in [0.05, 0.1) is 12.5 Å². The molecule has 88 valence electrons. The summed E-state index contributed by atoms with van der Waals surface area (Å²) in [5.74, 6) is 0.0647. The van der Waals surface area contributed by atoms with Crippen LogP contribution in [0.1, 0.15) is 31.1 Å². The molecule has 1 unspecified atom stereocenters. The van der Waals surface area contributed by atoms with Gasteiger partial charge in [-0.3, -0.25) is 4.79 Å². The number of carbonyl (C=O) groups is 1. The Morgan fingerprint density at radius 1 is 1.25 bits per heavy atom. The number of ketones is 1. The van der Waals surface area contributed by atoms with Crippen molar-refractivity contribution < 1.29 is 9.53 Å². The molecule has 0 aliphatic heterocycles. The summed E-state index contributed by atoms with van der Waals surface area (Å²) in [6.07, 6.45) is 0. The summed E-state index contributed by atoms with van der Waals surface area (Å²) in [5, 5.41) is 0. The molecule has 2 heteroatoms. The van der Waals surface area contributed by atoms with Crippen molar-refractivity contribution in [2.24, 2.45) is 11.3 Å². The van der Waals surface area contributed by atoms with E-state index in [9.17, 15) is 4.79 Å². The summed E-state index contributed by atoms with van der Waals surface area (Å²) in [5.41, 5.74) is 0.683. The lowest BCUT2D eigenvalue weighted by atomic mass is 9.77. The third kappa shape index (κ3) is 3.17. The Labute approximate surface area is 97.6 Å². The monoisotopic (exact) mass is 220 g/mol. The lowest BCUT2D eigenvalue weighted by Gasteiger charge is -2.28. The molecule has 0 bridgehead atoms. The highest BCUT2D eigenvalue weighted by Gasteiger charge is 2.31. The van der Waals surface area contributed by atoms with Crippen molar-refractivity contribution in [3.63, 3.8) is 0 Å². The van der Waals surface area contributed by atoms with Crippen LogP contribution < -0.4 is 0 Å². The molecular weight excluding hydrogens is 200 g/mol. The van der Waals surface area contributed by atoms with Crippen molar-refractivity contribution in [3.05, 3.63) is 35.9 Å². The van der Waals surface area contributed by atoms with Gasteiger partial charge in [0.25, 0.3) is 0 Å². The Hall–Kier alpha value is -1.15. The van der Waals surface area contributed by atoms with Crippen LogP contribution in [0.2, 0.25) is 0 Å². The summed E-state index contributed by atoms with van der Waals surface area (Å²) in [4.78, 5) is 12.3. The molecule has 0 heterocycles. The second-order valence-electron chi connectivity index (χ2n) is 5.10. The van der Waals surface area contributed by atoms with Gasteiger partial charge in [-0.1, -0.05) is 51.1 Å². The number of hydrogen-bond acceptors (Lipinski definition) is 2. The minimum Gasteiger partial charge on any atom is -0.384 e. The zero-order valence-corrected chi connectivity index (χ0v) is 10.5. The van der Waals surface area contributed by atoms with Crippen molar-refractivity contribution in [3.8, 4) is 0 Å². The molecular formula is C14H20O2. The van der Waals surface area contributed by atoms with E-state index in [1.807, 2.05) is 30.3 Å². The average Bonchev–Trinajstić information content (AvgIpc) is 2.25. The first-order chi connectivity index (χ1) is 7.46. The van der Waals surface area contributed by atoms with E-state index >= 15 is 0 Å². The van der Waals surface area contributed by atoms with Crippen LogP contribution in [-0.2, 0) is 4.74 Å². The van der Waals surface area contributed by atoms with Crippen LogP contribution in [0.5, 0.6) is 0 Å². The summed E-state index contributed by atoms with van der Waals surface area (Å²) in [7, 11) is 1.64. The van der Waals surface area contributed by atoms with Crippen molar-refractivity contribution in [2.45, 2.75) is 20.8 Å². The van der Waals surface area contributed by atoms with Crippen molar-refractivity contribution >= 4 is 5.78 Å². The van der Waals surface area contributed by atoms with E-state index in [4.69, 9.17) is 4.74 Å². The van der Waals surface area contributed by atoms with Crippen molar-refractivity contribution in [1.82, 2.24) is 0 Å². The van der Waals surface area contributed by atoms with Crippen LogP contribution in [0.25, 0.3) is 0 Å². The van der Waals surface area contributed by atoms with Crippen LogP contribution in [0.3, 0.4) is 0 Å². The number of carbonyl (C=O) groups excluding carboxylic acids is 1. The first-order valence-electron chi connectivity index (χ1n) is 5.55. The fourth-order valence-corrected chi connectivity index (χ4v) is 1.69. The highest BCUT2D eigenvalue weighted by atomic mass is 16.5. The maximum absolute atomic E-state index is 12.3. The Morgan fingerprint density at radius 2 is 1.81 bits per heavy atom. The Balaban J connectivity index is 2.92. The minimum atomic E-state index is -0.0973. The second kappa shape index (κ2) is 5.26. The van der Waals surface area contributed by atoms with Gasteiger partial charge in [-0.2, -0.15) is 0 Å². The van der Waals surface area contributed by atoms with E-state index in [0.717, 1.165) is 5.56 Å². The van der Waals surface area contributed by atoms with Gasteiger partial charge in [0.15, 0.2) is 5.78 Å². The number of rotatable bonds is 4. The molecule has 0 N–H and O–H groups in total. The number of Topliss-reactive ketones (excluding diaryl/α,β-unsaturated/α-hetero) is 1. The molecule has 0 amide bonds. The summed E-state index contributed by atoms with van der Waals surface area (Å²) in [6, 6.07) is 9.41. The van der Waals surface area contributed by atoms with E-state index in [1.165, 1.54) is 0 Å². The van der Waals surface area contributed by atoms with Crippen molar-refractivity contribution in [1.29, 1.82) is 0 Å². The summed E-state index contributed by atoms with van der Waals surface area (Å²) >= 11 is 0. The summed E-state index contributed by atoms with van der Waals surface area (Å²) < 4.78 is 5.15. The van der Waals surface area contributed by atoms with E-state index in [0.29, 0.717) is 6.61 Å². The Morgan fingerprint density at radius 3 is 2.25 bits per heavy atom. The van der Waals surface area contributed by atoms with E-state index in [1.54, 1.807) is 7.11 Å². The Kier molecular flexibility index (Phi) is 4.25. The smallest absolute Gasteiger partial charge is 0.168 e. The molecule has 0 spiro atoms. The number of benzene rings is 1. The molecule has 1 atom stereocenters. The Bertz CT molecular complexity index is 336. The van der Waals surface area contributed by atoms with Gasteiger partial charge in [-0.15, -0.1) is 0 Å². The first kappa shape index (κ1) is 12.9. The van der Waals surface area contributed by atoms with Gasteiger partial charge in [0.1, 0.15) is 0 Å². The number of methoxy groups -OCH3 is 1. The molecule has 0 saturated carbocycles. The average molecular weight is 220 g/mol. The standard InChI is InChI=1S/C14H20O2/c1-14(2,3)12(10-16-4)13(15)11-8-6-5-7-9-11/h5-9,12H,10H2,1-4H3. The SMILES string of the molecule is COCC(C(=O)c1ccccc1)C(C)(C)C. The van der Waals surface area contributed by atoms with Gasteiger partial charge in [0.2, 0.25) is 0 Å². The van der Waals surface area contributed by atoms with Gasteiger partial charge in [0, 0.05) is 12.7 Å². The molecule has 0 aliphatic carbocycles. The molecule has 0 aromatic heterocycles. The lowest BCUT2D eigenvalue weighted by molar-refractivity contribution is 0.0596. The molecule has 16 heavy (non-hydrogen) atoms. The topological polar surface area (TPSA) is 26.3 Å².